The summed E-state index contributed by atoms with van der Waals surface area (Å²) < 4.78 is 4.74. The van der Waals surface area contributed by atoms with Gasteiger partial charge >= 0.3 is 5.97 Å². The predicted octanol–water partition coefficient (Wildman–Crippen LogP) is 4.21. The van der Waals surface area contributed by atoms with Gasteiger partial charge in [-0.1, -0.05) is 29.8 Å². The fourth-order valence-corrected chi connectivity index (χ4v) is 2.71. The molecule has 2 aromatic carbocycles. The second-order valence-electron chi connectivity index (χ2n) is 5.53. The molecule has 0 saturated heterocycles. The summed E-state index contributed by atoms with van der Waals surface area (Å²) in [5, 5.41) is 11.5. The number of hydrogen-bond donors (Lipinski definition) is 1. The number of rotatable bonds is 6. The zero-order valence-electron chi connectivity index (χ0n) is 14.9. The van der Waals surface area contributed by atoms with Crippen molar-refractivity contribution in [2.24, 2.45) is 0 Å². The first-order chi connectivity index (χ1) is 13.1. The van der Waals surface area contributed by atoms with Gasteiger partial charge in [-0.15, -0.1) is 5.10 Å². The molecule has 3 aromatic rings. The Kier molecular flexibility index (Phi) is 5.83. The van der Waals surface area contributed by atoms with E-state index in [1.54, 1.807) is 24.4 Å². The van der Waals surface area contributed by atoms with Crippen LogP contribution in [0.2, 0.25) is 5.02 Å². The number of methoxy groups -OCH3 is 1. The topological polar surface area (TPSA) is 80.2 Å². The minimum Gasteiger partial charge on any atom is -0.465 e. The van der Waals surface area contributed by atoms with Crippen LogP contribution >= 0.6 is 11.6 Å². The molecule has 0 aliphatic heterocycles. The third-order valence-electron chi connectivity index (χ3n) is 3.84. The summed E-state index contributed by atoms with van der Waals surface area (Å²) in [5.41, 5.74) is 1.85. The number of hydrogen-bond acceptors (Lipinski definition) is 7. The van der Waals surface area contributed by atoms with Crippen molar-refractivity contribution in [1.82, 2.24) is 15.2 Å². The Morgan fingerprint density at radius 3 is 2.70 bits per heavy atom. The maximum absolute atomic E-state index is 11.7. The van der Waals surface area contributed by atoms with E-state index in [0.29, 0.717) is 28.6 Å². The average molecular weight is 384 g/mol. The van der Waals surface area contributed by atoms with Crippen LogP contribution in [0.15, 0.2) is 54.7 Å². The smallest absolute Gasteiger partial charge is 0.337 e. The molecule has 1 N–H and O–H groups in total. The van der Waals surface area contributed by atoms with Crippen LogP contribution in [0.25, 0.3) is 0 Å². The van der Waals surface area contributed by atoms with Gasteiger partial charge in [0.1, 0.15) is 0 Å². The Morgan fingerprint density at radius 2 is 2.00 bits per heavy atom. The van der Waals surface area contributed by atoms with Crippen molar-refractivity contribution in [3.8, 4) is 0 Å². The molecule has 0 aliphatic carbocycles. The number of aromatic nitrogens is 3. The van der Waals surface area contributed by atoms with Gasteiger partial charge in [-0.05, 0) is 37.3 Å². The quantitative estimate of drug-likeness (QED) is 0.638. The molecule has 0 bridgehead atoms. The Bertz CT molecular complexity index is 936. The van der Waals surface area contributed by atoms with E-state index in [1.807, 2.05) is 42.2 Å². The molecule has 8 heteroatoms. The van der Waals surface area contributed by atoms with E-state index in [0.717, 1.165) is 5.69 Å². The number of para-hydroxylation sites is 1. The lowest BCUT2D eigenvalue weighted by Gasteiger charge is -2.21. The molecule has 0 amide bonds. The van der Waals surface area contributed by atoms with Crippen molar-refractivity contribution >= 4 is 40.7 Å². The molecule has 0 saturated carbocycles. The number of halogens is 1. The fraction of sp³-hybridized carbons (Fsp3) is 0.158. The Balaban J connectivity index is 1.89. The minimum absolute atomic E-state index is 0.269. The van der Waals surface area contributed by atoms with E-state index < -0.39 is 5.97 Å². The number of benzene rings is 2. The average Bonchev–Trinajstić information content (AvgIpc) is 2.71. The van der Waals surface area contributed by atoms with Gasteiger partial charge in [-0.2, -0.15) is 10.1 Å². The van der Waals surface area contributed by atoms with Crippen LogP contribution in [0.5, 0.6) is 0 Å². The van der Waals surface area contributed by atoms with Crippen molar-refractivity contribution in [3.63, 3.8) is 0 Å². The van der Waals surface area contributed by atoms with Crippen LogP contribution in [-0.4, -0.2) is 34.8 Å². The summed E-state index contributed by atoms with van der Waals surface area (Å²) in [6.07, 6.45) is 1.59. The monoisotopic (exact) mass is 383 g/mol. The summed E-state index contributed by atoms with van der Waals surface area (Å²) in [6.45, 7) is 2.74. The first-order valence-electron chi connectivity index (χ1n) is 8.29. The highest BCUT2D eigenvalue weighted by Crippen LogP contribution is 2.27. The summed E-state index contributed by atoms with van der Waals surface area (Å²) in [7, 11) is 1.32. The second kappa shape index (κ2) is 8.46. The number of ether oxygens (including phenoxy) is 1. The molecule has 0 aliphatic rings. The molecular formula is C19H18ClN5O2. The van der Waals surface area contributed by atoms with E-state index in [1.165, 1.54) is 7.11 Å². The lowest BCUT2D eigenvalue weighted by molar-refractivity contribution is 0.0601. The van der Waals surface area contributed by atoms with Gasteiger partial charge in [0.15, 0.2) is 5.82 Å². The zero-order valence-corrected chi connectivity index (χ0v) is 15.6. The predicted molar refractivity (Wildman–Crippen MR) is 105 cm³/mol. The zero-order chi connectivity index (χ0) is 19.2. The number of nitrogens with one attached hydrogen (secondary N) is 1. The Hall–Kier alpha value is -3.19. The van der Waals surface area contributed by atoms with Crippen LogP contribution in [0.3, 0.4) is 0 Å². The van der Waals surface area contributed by atoms with Gasteiger partial charge in [0, 0.05) is 12.2 Å². The number of esters is 1. The van der Waals surface area contributed by atoms with Crippen molar-refractivity contribution in [3.05, 3.63) is 65.3 Å². The van der Waals surface area contributed by atoms with Crippen LogP contribution in [0.1, 0.15) is 17.3 Å². The van der Waals surface area contributed by atoms with Crippen LogP contribution in [0, 0.1) is 0 Å². The highest BCUT2D eigenvalue weighted by Gasteiger charge is 2.13. The van der Waals surface area contributed by atoms with E-state index in [4.69, 9.17) is 16.3 Å². The highest BCUT2D eigenvalue weighted by molar-refractivity contribution is 6.33. The lowest BCUT2D eigenvalue weighted by Crippen LogP contribution is -2.18. The lowest BCUT2D eigenvalue weighted by atomic mass is 10.2. The number of carbonyl (C=O) groups excluding carboxylic acids is 1. The first kappa shape index (κ1) is 18.6. The molecular weight excluding hydrogens is 366 g/mol. The standard InChI is InChI=1S/C19H18ClN5O2/c1-3-25(14-7-5-4-6-8-14)17-12-21-24-19(23-17)22-16-11-13(18(26)27-2)9-10-15(16)20/h4-12H,3H2,1-2H3,(H,22,23,24). The molecule has 3 rings (SSSR count). The SMILES string of the molecule is CCN(c1ccccc1)c1cnnc(Nc2cc(C(=O)OC)ccc2Cl)n1. The van der Waals surface area contributed by atoms with Crippen LogP contribution < -0.4 is 10.2 Å². The van der Waals surface area contributed by atoms with Gasteiger partial charge < -0.3 is 15.0 Å². The molecule has 0 atom stereocenters. The van der Waals surface area contributed by atoms with Crippen molar-refractivity contribution < 1.29 is 9.53 Å². The second-order valence-corrected chi connectivity index (χ2v) is 5.94. The molecule has 7 nitrogen and oxygen atoms in total. The molecule has 0 radical (unpaired) electrons. The van der Waals surface area contributed by atoms with Crippen molar-refractivity contribution in [1.29, 1.82) is 0 Å². The first-order valence-corrected chi connectivity index (χ1v) is 8.67. The van der Waals surface area contributed by atoms with Gasteiger partial charge in [0.05, 0.1) is 29.6 Å². The summed E-state index contributed by atoms with van der Waals surface area (Å²) >= 11 is 6.22. The van der Waals surface area contributed by atoms with Gasteiger partial charge in [-0.25, -0.2) is 4.79 Å². The largest absolute Gasteiger partial charge is 0.465 e. The Morgan fingerprint density at radius 1 is 1.22 bits per heavy atom. The normalized spacial score (nSPS) is 10.3. The number of anilines is 4. The van der Waals surface area contributed by atoms with Crippen molar-refractivity contribution in [2.75, 3.05) is 23.9 Å². The number of nitrogens with zero attached hydrogens (tertiary/aromatic N) is 4. The molecule has 0 unspecified atom stereocenters. The van der Waals surface area contributed by atoms with E-state index >= 15 is 0 Å². The molecule has 27 heavy (non-hydrogen) atoms. The van der Waals surface area contributed by atoms with Gasteiger partial charge in [-0.3, -0.25) is 0 Å². The van der Waals surface area contributed by atoms with Gasteiger partial charge in [0.2, 0.25) is 5.95 Å². The van der Waals surface area contributed by atoms with E-state index in [9.17, 15) is 4.79 Å². The maximum Gasteiger partial charge on any atom is 0.337 e. The van der Waals surface area contributed by atoms with Crippen LogP contribution in [0.4, 0.5) is 23.1 Å². The summed E-state index contributed by atoms with van der Waals surface area (Å²) in [4.78, 5) is 18.2. The van der Waals surface area contributed by atoms with Crippen molar-refractivity contribution in [2.45, 2.75) is 6.92 Å². The van der Waals surface area contributed by atoms with E-state index in [2.05, 4.69) is 20.5 Å². The highest BCUT2D eigenvalue weighted by atomic mass is 35.5. The minimum atomic E-state index is -0.455. The number of carbonyl (C=O) groups is 1. The molecule has 1 heterocycles. The third-order valence-corrected chi connectivity index (χ3v) is 4.17. The summed E-state index contributed by atoms with van der Waals surface area (Å²) in [5.74, 6) is 0.455. The maximum atomic E-state index is 11.7. The molecule has 0 fully saturated rings. The molecule has 138 valence electrons. The third kappa shape index (κ3) is 4.32. The summed E-state index contributed by atoms with van der Waals surface area (Å²) in [6, 6.07) is 14.6. The van der Waals surface area contributed by atoms with E-state index in [-0.39, 0.29) is 5.95 Å². The fourth-order valence-electron chi connectivity index (χ4n) is 2.55. The van der Waals surface area contributed by atoms with Gasteiger partial charge in [0.25, 0.3) is 0 Å². The molecule has 1 aromatic heterocycles. The Labute approximate surface area is 162 Å². The van der Waals surface area contributed by atoms with Crippen LogP contribution in [-0.2, 0) is 4.74 Å². The molecule has 0 spiro atoms.